The molecular formula is C12H14O4. The average molecular weight is 222 g/mol. The lowest BCUT2D eigenvalue weighted by Gasteiger charge is -2.46. The van der Waals surface area contributed by atoms with Crippen LogP contribution in [-0.4, -0.2) is 30.1 Å². The van der Waals surface area contributed by atoms with Crippen molar-refractivity contribution in [2.24, 2.45) is 23.2 Å². The van der Waals surface area contributed by atoms with Gasteiger partial charge in [-0.05, 0) is 13.3 Å². The lowest BCUT2D eigenvalue weighted by molar-refractivity contribution is -0.155. The Hall–Kier alpha value is -1.16. The van der Waals surface area contributed by atoms with Crippen molar-refractivity contribution in [3.63, 3.8) is 0 Å². The van der Waals surface area contributed by atoms with Gasteiger partial charge in [-0.1, -0.05) is 11.6 Å². The molecule has 0 radical (unpaired) electrons. The fourth-order valence-electron chi connectivity index (χ4n) is 3.58. The number of allylic oxidation sites excluding steroid dienone is 1. The van der Waals surface area contributed by atoms with Crippen LogP contribution in [0.3, 0.4) is 0 Å². The molecule has 1 saturated heterocycles. The summed E-state index contributed by atoms with van der Waals surface area (Å²) < 4.78 is 5.40. The fourth-order valence-corrected chi connectivity index (χ4v) is 3.58. The van der Waals surface area contributed by atoms with Crippen molar-refractivity contribution in [3.05, 3.63) is 11.6 Å². The molecule has 0 amide bonds. The summed E-state index contributed by atoms with van der Waals surface area (Å²) >= 11 is 0. The molecule has 0 aromatic carbocycles. The highest BCUT2D eigenvalue weighted by Crippen LogP contribution is 2.55. The van der Waals surface area contributed by atoms with Crippen molar-refractivity contribution >= 4 is 11.8 Å². The second kappa shape index (κ2) is 2.94. The maximum Gasteiger partial charge on any atom is 0.314 e. The first-order chi connectivity index (χ1) is 7.56. The highest BCUT2D eigenvalue weighted by Gasteiger charge is 2.61. The summed E-state index contributed by atoms with van der Waals surface area (Å²) in [6.45, 7) is 2.89. The Kier molecular flexibility index (Phi) is 1.84. The zero-order valence-electron chi connectivity index (χ0n) is 9.10. The van der Waals surface area contributed by atoms with Gasteiger partial charge in [-0.2, -0.15) is 0 Å². The van der Waals surface area contributed by atoms with E-state index in [9.17, 15) is 14.7 Å². The van der Waals surface area contributed by atoms with Crippen molar-refractivity contribution in [2.75, 3.05) is 13.2 Å². The molecule has 1 spiro atoms. The van der Waals surface area contributed by atoms with Crippen LogP contribution in [0.2, 0.25) is 0 Å². The molecule has 1 N–H and O–H groups in total. The molecule has 1 heterocycles. The Bertz CT molecular complexity index is 411. The van der Waals surface area contributed by atoms with Crippen molar-refractivity contribution in [2.45, 2.75) is 13.3 Å². The summed E-state index contributed by atoms with van der Waals surface area (Å²) in [5.41, 5.74) is 0.427. The molecule has 4 heteroatoms. The lowest BCUT2D eigenvalue weighted by atomic mass is 9.53. The third-order valence-electron chi connectivity index (χ3n) is 4.41. The molecule has 4 aliphatic rings. The standard InChI is InChI=1S/C12H14O4/c1-6-3-12-5-16-4-7(12)2-8(6)9(10(12)13)11(14)15/h3,7-9H,2,4-5H2,1H3,(H,14,15)/t7-,8+,9?,12-/m1/s1. The summed E-state index contributed by atoms with van der Waals surface area (Å²) in [5.74, 6) is -1.87. The molecule has 86 valence electrons. The number of carbonyl (C=O) groups excluding carboxylic acids is 1. The molecule has 4 nitrogen and oxygen atoms in total. The molecule has 4 atom stereocenters. The van der Waals surface area contributed by atoms with Gasteiger partial charge in [0.2, 0.25) is 0 Å². The predicted molar refractivity (Wildman–Crippen MR) is 54.7 cm³/mol. The number of fused-ring (bicyclic) bond motifs is 1. The van der Waals surface area contributed by atoms with Gasteiger partial charge in [0.25, 0.3) is 0 Å². The summed E-state index contributed by atoms with van der Waals surface area (Å²) in [7, 11) is 0. The van der Waals surface area contributed by atoms with Gasteiger partial charge in [0.1, 0.15) is 5.92 Å². The van der Waals surface area contributed by atoms with E-state index in [4.69, 9.17) is 4.74 Å². The Morgan fingerprint density at radius 1 is 1.62 bits per heavy atom. The molecule has 2 fully saturated rings. The number of rotatable bonds is 1. The van der Waals surface area contributed by atoms with Gasteiger partial charge in [0.15, 0.2) is 5.78 Å². The Balaban J connectivity index is 2.13. The van der Waals surface area contributed by atoms with Gasteiger partial charge < -0.3 is 9.84 Å². The van der Waals surface area contributed by atoms with Crippen LogP contribution in [0.5, 0.6) is 0 Å². The van der Waals surface area contributed by atoms with E-state index < -0.39 is 17.3 Å². The molecule has 16 heavy (non-hydrogen) atoms. The van der Waals surface area contributed by atoms with Gasteiger partial charge in [-0.15, -0.1) is 0 Å². The molecular weight excluding hydrogens is 208 g/mol. The van der Waals surface area contributed by atoms with E-state index in [1.54, 1.807) is 0 Å². The van der Waals surface area contributed by atoms with Crippen LogP contribution >= 0.6 is 0 Å². The smallest absolute Gasteiger partial charge is 0.314 e. The molecule has 1 unspecified atom stereocenters. The number of carboxylic acids is 1. The highest BCUT2D eigenvalue weighted by molar-refractivity contribution is 6.05. The first kappa shape index (κ1) is 10.0. The number of ether oxygens (including phenoxy) is 1. The minimum Gasteiger partial charge on any atom is -0.481 e. The molecule has 4 rings (SSSR count). The van der Waals surface area contributed by atoms with Crippen LogP contribution in [0.25, 0.3) is 0 Å². The minimum atomic E-state index is -0.979. The maximum absolute atomic E-state index is 12.3. The van der Waals surface area contributed by atoms with E-state index >= 15 is 0 Å². The molecule has 0 aromatic rings. The first-order valence-corrected chi connectivity index (χ1v) is 5.60. The number of carbonyl (C=O) groups is 2. The molecule has 2 bridgehead atoms. The largest absolute Gasteiger partial charge is 0.481 e. The lowest BCUT2D eigenvalue weighted by Crippen LogP contribution is -2.54. The third-order valence-corrected chi connectivity index (χ3v) is 4.41. The van der Waals surface area contributed by atoms with Crippen LogP contribution in [0.4, 0.5) is 0 Å². The summed E-state index contributed by atoms with van der Waals surface area (Å²) in [6.07, 6.45) is 2.76. The minimum absolute atomic E-state index is 0.112. The Labute approximate surface area is 93.3 Å². The van der Waals surface area contributed by atoms with E-state index in [1.807, 2.05) is 13.0 Å². The number of aliphatic carboxylic acids is 1. The van der Waals surface area contributed by atoms with Crippen molar-refractivity contribution in [3.8, 4) is 0 Å². The summed E-state index contributed by atoms with van der Waals surface area (Å²) in [6, 6.07) is 0. The molecule has 0 aromatic heterocycles. The Morgan fingerprint density at radius 2 is 2.38 bits per heavy atom. The van der Waals surface area contributed by atoms with Gasteiger partial charge in [0, 0.05) is 11.8 Å². The van der Waals surface area contributed by atoms with Crippen LogP contribution < -0.4 is 0 Å². The predicted octanol–water partition coefficient (Wildman–Crippen LogP) is 0.869. The zero-order valence-corrected chi connectivity index (χ0v) is 9.10. The average Bonchev–Trinajstić information content (AvgIpc) is 2.61. The number of hydrogen-bond acceptors (Lipinski definition) is 3. The van der Waals surface area contributed by atoms with E-state index in [2.05, 4.69) is 0 Å². The van der Waals surface area contributed by atoms with E-state index in [0.29, 0.717) is 13.2 Å². The summed E-state index contributed by atoms with van der Waals surface area (Å²) in [5, 5.41) is 9.18. The van der Waals surface area contributed by atoms with E-state index in [1.165, 1.54) is 0 Å². The maximum atomic E-state index is 12.3. The summed E-state index contributed by atoms with van der Waals surface area (Å²) in [4.78, 5) is 23.5. The van der Waals surface area contributed by atoms with Crippen LogP contribution in [0.15, 0.2) is 11.6 Å². The van der Waals surface area contributed by atoms with Gasteiger partial charge >= 0.3 is 5.97 Å². The number of carboxylic acid groups (broad SMARTS) is 1. The second-order valence-corrected chi connectivity index (χ2v) is 5.16. The SMILES string of the molecule is CC1=C[C@@]23COC[C@H]2C[C@@H]1C(C(=O)O)C3=O. The van der Waals surface area contributed by atoms with Crippen molar-refractivity contribution in [1.82, 2.24) is 0 Å². The van der Waals surface area contributed by atoms with Crippen LogP contribution in [-0.2, 0) is 14.3 Å². The number of ketones is 1. The quantitative estimate of drug-likeness (QED) is 0.528. The Morgan fingerprint density at radius 3 is 3.06 bits per heavy atom. The molecule has 1 saturated carbocycles. The van der Waals surface area contributed by atoms with Crippen molar-refractivity contribution in [1.29, 1.82) is 0 Å². The molecule has 1 aliphatic heterocycles. The second-order valence-electron chi connectivity index (χ2n) is 5.16. The third kappa shape index (κ3) is 0.981. The van der Waals surface area contributed by atoms with E-state index in [0.717, 1.165) is 12.0 Å². The van der Waals surface area contributed by atoms with Crippen LogP contribution in [0, 0.1) is 23.2 Å². The zero-order chi connectivity index (χ0) is 11.5. The van der Waals surface area contributed by atoms with Gasteiger partial charge in [-0.3, -0.25) is 9.59 Å². The molecule has 3 aliphatic carbocycles. The number of hydrogen-bond donors (Lipinski definition) is 1. The van der Waals surface area contributed by atoms with Gasteiger partial charge in [-0.25, -0.2) is 0 Å². The van der Waals surface area contributed by atoms with Crippen LogP contribution in [0.1, 0.15) is 13.3 Å². The van der Waals surface area contributed by atoms with E-state index in [-0.39, 0.29) is 17.6 Å². The monoisotopic (exact) mass is 222 g/mol. The first-order valence-electron chi connectivity index (χ1n) is 5.60. The number of Topliss-reactive ketones (excluding diaryl/α,β-unsaturated/α-hetero) is 1. The normalized spacial score (nSPS) is 45.4. The fraction of sp³-hybridized carbons (Fsp3) is 0.667. The van der Waals surface area contributed by atoms with Crippen molar-refractivity contribution < 1.29 is 19.4 Å². The highest BCUT2D eigenvalue weighted by atomic mass is 16.5. The van der Waals surface area contributed by atoms with Gasteiger partial charge in [0.05, 0.1) is 18.6 Å². The topological polar surface area (TPSA) is 63.6 Å².